The molecular weight excluding hydrogens is 292 g/mol. The molecular formula is C12H15F2NO4S. The SMILES string of the molecule is CC(C)N(CCC(=O)O)S(=O)(=O)c1cc(F)cc(F)c1. The summed E-state index contributed by atoms with van der Waals surface area (Å²) in [6.07, 6.45) is -0.394. The summed E-state index contributed by atoms with van der Waals surface area (Å²) in [5, 5.41) is 8.63. The van der Waals surface area contributed by atoms with Crippen molar-refractivity contribution in [2.75, 3.05) is 6.54 Å². The Kier molecular flexibility index (Phi) is 5.18. The molecule has 0 unspecified atom stereocenters. The third-order valence-corrected chi connectivity index (χ3v) is 4.62. The van der Waals surface area contributed by atoms with Crippen LogP contribution >= 0.6 is 0 Å². The number of carbonyl (C=O) groups is 1. The van der Waals surface area contributed by atoms with E-state index in [-0.39, 0.29) is 6.54 Å². The Balaban J connectivity index is 3.18. The molecule has 0 aliphatic rings. The fraction of sp³-hybridized carbons (Fsp3) is 0.417. The fourth-order valence-corrected chi connectivity index (χ4v) is 3.36. The van der Waals surface area contributed by atoms with E-state index >= 15 is 0 Å². The van der Waals surface area contributed by atoms with Crippen molar-refractivity contribution in [2.24, 2.45) is 0 Å². The van der Waals surface area contributed by atoms with E-state index < -0.39 is 45.0 Å². The van der Waals surface area contributed by atoms with E-state index in [0.717, 1.165) is 4.31 Å². The molecule has 8 heteroatoms. The summed E-state index contributed by atoms with van der Waals surface area (Å²) in [6.45, 7) is 2.83. The summed E-state index contributed by atoms with van der Waals surface area (Å²) in [7, 11) is -4.15. The highest BCUT2D eigenvalue weighted by Crippen LogP contribution is 2.20. The van der Waals surface area contributed by atoms with Crippen LogP contribution in [0.5, 0.6) is 0 Å². The minimum atomic E-state index is -4.15. The van der Waals surface area contributed by atoms with Gasteiger partial charge in [-0.15, -0.1) is 0 Å². The van der Waals surface area contributed by atoms with Crippen molar-refractivity contribution in [3.05, 3.63) is 29.8 Å². The molecule has 1 aromatic carbocycles. The van der Waals surface area contributed by atoms with Gasteiger partial charge in [0, 0.05) is 18.7 Å². The molecule has 0 fully saturated rings. The van der Waals surface area contributed by atoms with Crippen LogP contribution < -0.4 is 0 Å². The average Bonchev–Trinajstić information content (AvgIpc) is 2.26. The monoisotopic (exact) mass is 307 g/mol. The molecule has 20 heavy (non-hydrogen) atoms. The number of nitrogens with zero attached hydrogens (tertiary/aromatic N) is 1. The van der Waals surface area contributed by atoms with Crippen LogP contribution in [0.25, 0.3) is 0 Å². The lowest BCUT2D eigenvalue weighted by molar-refractivity contribution is -0.137. The van der Waals surface area contributed by atoms with E-state index in [1.807, 2.05) is 0 Å². The van der Waals surface area contributed by atoms with Crippen LogP contribution in [0.4, 0.5) is 8.78 Å². The number of sulfonamides is 1. The number of carboxylic acid groups (broad SMARTS) is 1. The molecule has 0 amide bonds. The number of hydrogen-bond acceptors (Lipinski definition) is 3. The summed E-state index contributed by atoms with van der Waals surface area (Å²) in [5.41, 5.74) is 0. The third-order valence-electron chi connectivity index (χ3n) is 2.56. The van der Waals surface area contributed by atoms with Gasteiger partial charge in [0.05, 0.1) is 11.3 Å². The standard InChI is InChI=1S/C12H15F2NO4S/c1-8(2)15(4-3-12(16)17)20(18,19)11-6-9(13)5-10(14)7-11/h5-8H,3-4H2,1-2H3,(H,16,17). The van der Waals surface area contributed by atoms with Crippen molar-refractivity contribution in [1.29, 1.82) is 0 Å². The molecule has 0 aromatic heterocycles. The van der Waals surface area contributed by atoms with Crippen LogP contribution in [0.2, 0.25) is 0 Å². The quantitative estimate of drug-likeness (QED) is 0.870. The lowest BCUT2D eigenvalue weighted by atomic mass is 10.3. The molecule has 0 radical (unpaired) electrons. The number of halogens is 2. The molecule has 1 N–H and O–H groups in total. The Morgan fingerprint density at radius 3 is 2.15 bits per heavy atom. The van der Waals surface area contributed by atoms with Gasteiger partial charge in [-0.25, -0.2) is 17.2 Å². The summed E-state index contributed by atoms with van der Waals surface area (Å²) >= 11 is 0. The summed E-state index contributed by atoms with van der Waals surface area (Å²) in [6, 6.07) is 1.43. The lowest BCUT2D eigenvalue weighted by Gasteiger charge is -2.25. The predicted octanol–water partition coefficient (Wildman–Crippen LogP) is 1.84. The maximum Gasteiger partial charge on any atom is 0.304 e. The number of aliphatic carboxylic acids is 1. The molecule has 112 valence electrons. The first-order valence-electron chi connectivity index (χ1n) is 5.84. The van der Waals surface area contributed by atoms with Crippen LogP contribution in [0, 0.1) is 11.6 Å². The second-order valence-electron chi connectivity index (χ2n) is 4.46. The molecule has 0 spiro atoms. The number of carboxylic acids is 1. The first kappa shape index (κ1) is 16.5. The minimum Gasteiger partial charge on any atom is -0.481 e. The Labute approximate surface area is 115 Å². The van der Waals surface area contributed by atoms with E-state index in [1.54, 1.807) is 13.8 Å². The van der Waals surface area contributed by atoms with Gasteiger partial charge in [0.25, 0.3) is 0 Å². The smallest absolute Gasteiger partial charge is 0.304 e. The van der Waals surface area contributed by atoms with Gasteiger partial charge in [-0.3, -0.25) is 4.79 Å². The van der Waals surface area contributed by atoms with Crippen molar-refractivity contribution < 1.29 is 27.1 Å². The van der Waals surface area contributed by atoms with Gasteiger partial charge in [-0.2, -0.15) is 4.31 Å². The minimum absolute atomic E-state index is 0.270. The van der Waals surface area contributed by atoms with Gasteiger partial charge in [-0.1, -0.05) is 0 Å². The number of hydrogen-bond donors (Lipinski definition) is 1. The Morgan fingerprint density at radius 1 is 1.25 bits per heavy atom. The molecule has 0 aliphatic carbocycles. The topological polar surface area (TPSA) is 74.7 Å². The lowest BCUT2D eigenvalue weighted by Crippen LogP contribution is -2.38. The van der Waals surface area contributed by atoms with Gasteiger partial charge in [-0.05, 0) is 26.0 Å². The van der Waals surface area contributed by atoms with Crippen molar-refractivity contribution >= 4 is 16.0 Å². The second-order valence-corrected chi connectivity index (χ2v) is 6.35. The summed E-state index contributed by atoms with van der Waals surface area (Å²) in [4.78, 5) is 10.0. The largest absolute Gasteiger partial charge is 0.481 e. The molecule has 5 nitrogen and oxygen atoms in total. The predicted molar refractivity (Wildman–Crippen MR) is 67.6 cm³/mol. The number of benzene rings is 1. The first-order chi connectivity index (χ1) is 9.14. The third kappa shape index (κ3) is 3.97. The zero-order valence-corrected chi connectivity index (χ0v) is 11.8. The highest BCUT2D eigenvalue weighted by molar-refractivity contribution is 7.89. The van der Waals surface area contributed by atoms with E-state index in [1.165, 1.54) is 0 Å². The van der Waals surface area contributed by atoms with Gasteiger partial charge >= 0.3 is 5.97 Å². The second kappa shape index (κ2) is 6.27. The van der Waals surface area contributed by atoms with E-state index in [4.69, 9.17) is 5.11 Å². The fourth-order valence-electron chi connectivity index (χ4n) is 1.67. The zero-order chi connectivity index (χ0) is 15.5. The van der Waals surface area contributed by atoms with E-state index in [9.17, 15) is 22.0 Å². The highest BCUT2D eigenvalue weighted by atomic mass is 32.2. The first-order valence-corrected chi connectivity index (χ1v) is 7.28. The average molecular weight is 307 g/mol. The maximum atomic E-state index is 13.1. The van der Waals surface area contributed by atoms with Crippen molar-refractivity contribution in [1.82, 2.24) is 4.31 Å². The van der Waals surface area contributed by atoms with Gasteiger partial charge in [0.15, 0.2) is 0 Å². The van der Waals surface area contributed by atoms with Crippen LogP contribution in [-0.2, 0) is 14.8 Å². The zero-order valence-electron chi connectivity index (χ0n) is 11.0. The Morgan fingerprint density at radius 2 is 1.75 bits per heavy atom. The van der Waals surface area contributed by atoms with Crippen molar-refractivity contribution in [2.45, 2.75) is 31.2 Å². The van der Waals surface area contributed by atoms with Gasteiger partial charge in [0.2, 0.25) is 10.0 Å². The summed E-state index contributed by atoms with van der Waals surface area (Å²) < 4.78 is 51.7. The molecule has 1 aromatic rings. The molecule has 0 saturated carbocycles. The van der Waals surface area contributed by atoms with Crippen molar-refractivity contribution in [3.63, 3.8) is 0 Å². The number of rotatable bonds is 6. The normalized spacial score (nSPS) is 12.1. The van der Waals surface area contributed by atoms with E-state index in [0.29, 0.717) is 18.2 Å². The maximum absolute atomic E-state index is 13.1. The molecule has 0 aliphatic heterocycles. The van der Waals surface area contributed by atoms with E-state index in [2.05, 4.69) is 0 Å². The molecule has 1 rings (SSSR count). The highest BCUT2D eigenvalue weighted by Gasteiger charge is 2.28. The Hall–Kier alpha value is -1.54. The van der Waals surface area contributed by atoms with Crippen LogP contribution in [0.3, 0.4) is 0 Å². The van der Waals surface area contributed by atoms with Crippen LogP contribution in [0.15, 0.2) is 23.1 Å². The van der Waals surface area contributed by atoms with Gasteiger partial charge < -0.3 is 5.11 Å². The molecule has 0 heterocycles. The summed E-state index contributed by atoms with van der Waals surface area (Å²) in [5.74, 6) is -3.17. The Bertz CT molecular complexity index is 581. The van der Waals surface area contributed by atoms with Crippen LogP contribution in [0.1, 0.15) is 20.3 Å². The molecule has 0 saturated heterocycles. The van der Waals surface area contributed by atoms with Crippen LogP contribution in [-0.4, -0.2) is 36.4 Å². The van der Waals surface area contributed by atoms with Gasteiger partial charge in [0.1, 0.15) is 11.6 Å². The molecule has 0 atom stereocenters. The van der Waals surface area contributed by atoms with Crippen molar-refractivity contribution in [3.8, 4) is 0 Å². The molecule has 0 bridgehead atoms.